The maximum atomic E-state index is 12.7. The van der Waals surface area contributed by atoms with Crippen molar-refractivity contribution in [3.63, 3.8) is 0 Å². The third-order valence-corrected chi connectivity index (χ3v) is 5.18. The summed E-state index contributed by atoms with van der Waals surface area (Å²) >= 11 is 0. The van der Waals surface area contributed by atoms with Gasteiger partial charge in [-0.1, -0.05) is 61.9 Å². The van der Waals surface area contributed by atoms with Crippen molar-refractivity contribution in [3.8, 4) is 5.75 Å². The minimum Gasteiger partial charge on any atom is -0.445 e. The number of rotatable bonds is 7. The van der Waals surface area contributed by atoms with E-state index >= 15 is 0 Å². The van der Waals surface area contributed by atoms with Gasteiger partial charge in [-0.25, -0.2) is 14.4 Å². The first-order valence-electron chi connectivity index (χ1n) is 10.7. The molecule has 7 heteroatoms. The molecule has 0 radical (unpaired) electrons. The second-order valence-corrected chi connectivity index (χ2v) is 7.56. The van der Waals surface area contributed by atoms with Crippen LogP contribution < -0.4 is 15.7 Å². The van der Waals surface area contributed by atoms with Crippen molar-refractivity contribution in [2.45, 2.75) is 32.4 Å². The molecule has 1 aromatic heterocycles. The fourth-order valence-electron chi connectivity index (χ4n) is 3.56. The van der Waals surface area contributed by atoms with Crippen LogP contribution in [-0.2, 0) is 16.1 Å². The number of amides is 1. The Hall–Kier alpha value is -4.13. The fourth-order valence-corrected chi connectivity index (χ4v) is 3.56. The Balaban J connectivity index is 1.46. The van der Waals surface area contributed by atoms with Gasteiger partial charge in [-0.2, -0.15) is 0 Å². The summed E-state index contributed by atoms with van der Waals surface area (Å²) in [4.78, 5) is 37.2. The monoisotopic (exact) mass is 445 g/mol. The normalized spacial score (nSPS) is 11.8. The quantitative estimate of drug-likeness (QED) is 0.187. The summed E-state index contributed by atoms with van der Waals surface area (Å²) in [5.74, 6) is -0.414. The summed E-state index contributed by atoms with van der Waals surface area (Å²) in [6.45, 7) is 1.99. The predicted molar refractivity (Wildman–Crippen MR) is 124 cm³/mol. The van der Waals surface area contributed by atoms with Crippen molar-refractivity contribution < 1.29 is 23.5 Å². The van der Waals surface area contributed by atoms with Crippen LogP contribution >= 0.6 is 0 Å². The van der Waals surface area contributed by atoms with Crippen LogP contribution in [0, 0.1) is 0 Å². The van der Waals surface area contributed by atoms with Gasteiger partial charge in [-0.3, -0.25) is 0 Å². The number of ether oxygens (including phenoxy) is 2. The van der Waals surface area contributed by atoms with Crippen molar-refractivity contribution in [1.29, 1.82) is 0 Å². The first kappa shape index (κ1) is 22.1. The first-order chi connectivity index (χ1) is 16.0. The molecule has 1 heterocycles. The molecule has 0 unspecified atom stereocenters. The number of hydrogen-bond acceptors (Lipinski definition) is 6. The third kappa shape index (κ3) is 5.20. The smallest absolute Gasteiger partial charge is 0.408 e. The van der Waals surface area contributed by atoms with Gasteiger partial charge in [0.25, 0.3) is 0 Å². The zero-order valence-electron chi connectivity index (χ0n) is 18.1. The number of esters is 1. The highest BCUT2D eigenvalue weighted by Crippen LogP contribution is 2.26. The first-order valence-corrected chi connectivity index (χ1v) is 10.7. The van der Waals surface area contributed by atoms with Crippen molar-refractivity contribution in [2.75, 3.05) is 0 Å². The van der Waals surface area contributed by atoms with E-state index in [4.69, 9.17) is 13.9 Å². The minimum absolute atomic E-state index is 0.0955. The Morgan fingerprint density at radius 3 is 2.42 bits per heavy atom. The summed E-state index contributed by atoms with van der Waals surface area (Å²) in [5, 5.41) is 4.54. The molecule has 0 aliphatic carbocycles. The van der Waals surface area contributed by atoms with Crippen molar-refractivity contribution in [3.05, 3.63) is 88.8 Å². The van der Waals surface area contributed by atoms with Crippen LogP contribution in [0.15, 0.2) is 82.0 Å². The predicted octanol–water partition coefficient (Wildman–Crippen LogP) is 4.95. The van der Waals surface area contributed by atoms with E-state index in [1.807, 2.05) is 49.4 Å². The van der Waals surface area contributed by atoms with Crippen LogP contribution in [0.1, 0.15) is 25.3 Å². The minimum atomic E-state index is -0.877. The molecule has 3 aromatic carbocycles. The second kappa shape index (κ2) is 9.99. The maximum Gasteiger partial charge on any atom is 0.408 e. The number of hydrogen-bond donors (Lipinski definition) is 1. The third-order valence-electron chi connectivity index (χ3n) is 5.18. The average molecular weight is 445 g/mol. The lowest BCUT2D eigenvalue weighted by Gasteiger charge is -2.17. The zero-order valence-corrected chi connectivity index (χ0v) is 18.1. The Bertz CT molecular complexity index is 1350. The summed E-state index contributed by atoms with van der Waals surface area (Å²) < 4.78 is 16.1. The van der Waals surface area contributed by atoms with Gasteiger partial charge < -0.3 is 19.2 Å². The molecule has 4 rings (SSSR count). The zero-order chi connectivity index (χ0) is 23.2. The van der Waals surface area contributed by atoms with E-state index in [9.17, 15) is 14.4 Å². The van der Waals surface area contributed by atoms with E-state index in [0.717, 1.165) is 16.3 Å². The molecule has 0 bridgehead atoms. The van der Waals surface area contributed by atoms with E-state index in [1.165, 1.54) is 6.07 Å². The lowest BCUT2D eigenvalue weighted by atomic mass is 10.1. The molecule has 0 aliphatic rings. The SMILES string of the molecule is CCC[C@@H](NC(=O)OCc1ccccc1)C(=O)Oc1ccc2c(c1)oc(=O)c1ccccc12. The number of nitrogens with one attached hydrogen (secondary N) is 1. The maximum absolute atomic E-state index is 12.7. The molecular formula is C26H23NO6. The number of alkyl carbamates (subject to hydrolysis) is 1. The molecular weight excluding hydrogens is 422 g/mol. The fraction of sp³-hybridized carbons (Fsp3) is 0.192. The molecule has 0 aliphatic heterocycles. The molecule has 0 fully saturated rings. The van der Waals surface area contributed by atoms with Crippen LogP contribution in [0.3, 0.4) is 0 Å². The van der Waals surface area contributed by atoms with Crippen LogP contribution in [0.4, 0.5) is 4.79 Å². The largest absolute Gasteiger partial charge is 0.445 e. The van der Waals surface area contributed by atoms with Gasteiger partial charge in [-0.05, 0) is 35.6 Å². The highest BCUT2D eigenvalue weighted by atomic mass is 16.6. The number of fused-ring (bicyclic) bond motifs is 3. The van der Waals surface area contributed by atoms with Gasteiger partial charge in [0.15, 0.2) is 0 Å². The van der Waals surface area contributed by atoms with Gasteiger partial charge in [0.2, 0.25) is 0 Å². The van der Waals surface area contributed by atoms with Crippen LogP contribution in [0.2, 0.25) is 0 Å². The van der Waals surface area contributed by atoms with Gasteiger partial charge in [0.05, 0.1) is 5.39 Å². The molecule has 0 saturated carbocycles. The Morgan fingerprint density at radius 2 is 1.67 bits per heavy atom. The van der Waals surface area contributed by atoms with E-state index in [0.29, 0.717) is 23.8 Å². The van der Waals surface area contributed by atoms with E-state index in [2.05, 4.69) is 5.32 Å². The standard InChI is InChI=1S/C26H23NO6/c1-2-8-22(27-26(30)31-16-17-9-4-3-5-10-17)25(29)32-18-13-14-20-19-11-6-7-12-21(19)24(28)33-23(20)15-18/h3-7,9-15,22H,2,8,16H2,1H3,(H,27,30)/t22-/m1/s1. The highest BCUT2D eigenvalue weighted by Gasteiger charge is 2.23. The van der Waals surface area contributed by atoms with Crippen molar-refractivity contribution >= 4 is 33.8 Å². The molecule has 0 spiro atoms. The summed E-state index contributed by atoms with van der Waals surface area (Å²) in [6, 6.07) is 20.4. The van der Waals surface area contributed by atoms with Gasteiger partial charge in [0, 0.05) is 11.5 Å². The van der Waals surface area contributed by atoms with Crippen molar-refractivity contribution in [1.82, 2.24) is 5.32 Å². The summed E-state index contributed by atoms with van der Waals surface area (Å²) in [7, 11) is 0. The Morgan fingerprint density at radius 1 is 0.939 bits per heavy atom. The van der Waals surface area contributed by atoms with E-state index < -0.39 is 23.7 Å². The number of benzene rings is 3. The van der Waals surface area contributed by atoms with Crippen LogP contribution in [0.5, 0.6) is 5.75 Å². The molecule has 1 amide bonds. The highest BCUT2D eigenvalue weighted by molar-refractivity contribution is 6.04. The van der Waals surface area contributed by atoms with Gasteiger partial charge >= 0.3 is 17.7 Å². The average Bonchev–Trinajstić information content (AvgIpc) is 2.83. The lowest BCUT2D eigenvalue weighted by molar-refractivity contribution is -0.136. The van der Waals surface area contributed by atoms with Gasteiger partial charge in [0.1, 0.15) is 24.0 Å². The molecule has 168 valence electrons. The molecule has 1 atom stereocenters. The molecule has 7 nitrogen and oxygen atoms in total. The second-order valence-electron chi connectivity index (χ2n) is 7.56. The lowest BCUT2D eigenvalue weighted by Crippen LogP contribution is -2.43. The van der Waals surface area contributed by atoms with Crippen LogP contribution in [0.25, 0.3) is 21.7 Å². The Labute approximate surface area is 189 Å². The van der Waals surface area contributed by atoms with E-state index in [-0.39, 0.29) is 12.4 Å². The van der Waals surface area contributed by atoms with Gasteiger partial charge in [-0.15, -0.1) is 0 Å². The molecule has 1 N–H and O–H groups in total. The van der Waals surface area contributed by atoms with Crippen LogP contribution in [-0.4, -0.2) is 18.1 Å². The topological polar surface area (TPSA) is 94.8 Å². The van der Waals surface area contributed by atoms with Crippen molar-refractivity contribution in [2.24, 2.45) is 0 Å². The molecule has 33 heavy (non-hydrogen) atoms. The molecule has 4 aromatic rings. The molecule has 0 saturated heterocycles. The summed E-state index contributed by atoms with van der Waals surface area (Å²) in [6.07, 6.45) is 0.328. The Kier molecular flexibility index (Phi) is 6.69. The number of carbonyl (C=O) groups is 2. The van der Waals surface area contributed by atoms with E-state index in [1.54, 1.807) is 24.3 Å². The number of carbonyl (C=O) groups excluding carboxylic acids is 2. The summed E-state index contributed by atoms with van der Waals surface area (Å²) in [5.41, 5.74) is 0.687.